The molecule has 0 unspecified atom stereocenters. The van der Waals surface area contributed by atoms with Crippen LogP contribution in [-0.2, 0) is 0 Å². The van der Waals surface area contributed by atoms with Crippen molar-refractivity contribution < 1.29 is 9.47 Å². The maximum absolute atomic E-state index is 5.86. The zero-order valence-electron chi connectivity index (χ0n) is 10.3. The van der Waals surface area contributed by atoms with Gasteiger partial charge in [-0.1, -0.05) is 12.5 Å². The number of thiol groups is 1. The van der Waals surface area contributed by atoms with Crippen molar-refractivity contribution in [3.05, 3.63) is 24.3 Å². The SMILES string of the molecule is CCOc1cccc(OCC2(CS)CCC2)c1. The lowest BCUT2D eigenvalue weighted by atomic mass is 9.71. The molecule has 94 valence electrons. The van der Waals surface area contributed by atoms with Crippen molar-refractivity contribution in [1.29, 1.82) is 0 Å². The van der Waals surface area contributed by atoms with Crippen molar-refractivity contribution in [2.75, 3.05) is 19.0 Å². The van der Waals surface area contributed by atoms with Crippen LogP contribution in [0.3, 0.4) is 0 Å². The standard InChI is InChI=1S/C14H20O2S/c1-2-15-12-5-3-6-13(9-12)16-10-14(11-17)7-4-8-14/h3,5-6,9,17H,2,4,7-8,10-11H2,1H3. The van der Waals surface area contributed by atoms with Crippen LogP contribution < -0.4 is 9.47 Å². The molecule has 1 aromatic rings. The summed E-state index contributed by atoms with van der Waals surface area (Å²) in [5.74, 6) is 2.68. The van der Waals surface area contributed by atoms with Crippen LogP contribution in [-0.4, -0.2) is 19.0 Å². The van der Waals surface area contributed by atoms with E-state index in [4.69, 9.17) is 9.47 Å². The summed E-state index contributed by atoms with van der Waals surface area (Å²) in [6, 6.07) is 7.85. The number of hydrogen-bond acceptors (Lipinski definition) is 3. The minimum atomic E-state index is 0.310. The first kappa shape index (κ1) is 12.6. The predicted molar refractivity (Wildman–Crippen MR) is 73.2 cm³/mol. The smallest absolute Gasteiger partial charge is 0.123 e. The molecule has 0 bridgehead atoms. The van der Waals surface area contributed by atoms with Crippen molar-refractivity contribution in [3.8, 4) is 11.5 Å². The van der Waals surface area contributed by atoms with Crippen LogP contribution in [0.15, 0.2) is 24.3 Å². The molecule has 1 fully saturated rings. The van der Waals surface area contributed by atoms with Gasteiger partial charge in [0.2, 0.25) is 0 Å². The highest BCUT2D eigenvalue weighted by Gasteiger charge is 2.36. The first-order valence-corrected chi connectivity index (χ1v) is 6.88. The first-order valence-electron chi connectivity index (χ1n) is 6.24. The second kappa shape index (κ2) is 5.67. The Morgan fingerprint density at radius 1 is 1.24 bits per heavy atom. The Balaban J connectivity index is 1.92. The van der Waals surface area contributed by atoms with E-state index >= 15 is 0 Å². The van der Waals surface area contributed by atoms with E-state index in [1.807, 2.05) is 31.2 Å². The van der Waals surface area contributed by atoms with Crippen LogP contribution in [0.5, 0.6) is 11.5 Å². The summed E-state index contributed by atoms with van der Waals surface area (Å²) in [5, 5.41) is 0. The summed E-state index contributed by atoms with van der Waals surface area (Å²) in [5.41, 5.74) is 0.310. The molecule has 0 N–H and O–H groups in total. The lowest BCUT2D eigenvalue weighted by Gasteiger charge is -2.40. The summed E-state index contributed by atoms with van der Waals surface area (Å²) in [6.45, 7) is 3.44. The zero-order valence-corrected chi connectivity index (χ0v) is 11.2. The molecule has 3 heteroatoms. The van der Waals surface area contributed by atoms with Gasteiger partial charge in [-0.15, -0.1) is 0 Å². The molecule has 0 saturated heterocycles. The molecule has 0 heterocycles. The Kier molecular flexibility index (Phi) is 4.21. The topological polar surface area (TPSA) is 18.5 Å². The summed E-state index contributed by atoms with van der Waals surface area (Å²) >= 11 is 4.43. The van der Waals surface area contributed by atoms with E-state index in [1.165, 1.54) is 19.3 Å². The molecule has 0 aliphatic heterocycles. The van der Waals surface area contributed by atoms with Crippen molar-refractivity contribution >= 4 is 12.6 Å². The Morgan fingerprint density at radius 3 is 2.47 bits per heavy atom. The highest BCUT2D eigenvalue weighted by molar-refractivity contribution is 7.80. The second-order valence-corrected chi connectivity index (χ2v) is 5.02. The maximum atomic E-state index is 5.86. The summed E-state index contributed by atoms with van der Waals surface area (Å²) < 4.78 is 11.3. The van der Waals surface area contributed by atoms with Crippen LogP contribution in [0.4, 0.5) is 0 Å². The van der Waals surface area contributed by atoms with Gasteiger partial charge >= 0.3 is 0 Å². The fraction of sp³-hybridized carbons (Fsp3) is 0.571. The largest absolute Gasteiger partial charge is 0.494 e. The van der Waals surface area contributed by atoms with E-state index in [-0.39, 0.29) is 0 Å². The van der Waals surface area contributed by atoms with E-state index in [2.05, 4.69) is 12.6 Å². The van der Waals surface area contributed by atoms with Crippen LogP contribution in [0.2, 0.25) is 0 Å². The third-order valence-corrected chi connectivity index (χ3v) is 4.08. The lowest BCUT2D eigenvalue weighted by molar-refractivity contribution is 0.0828. The van der Waals surface area contributed by atoms with Crippen molar-refractivity contribution in [1.82, 2.24) is 0 Å². The zero-order chi connectivity index (χ0) is 12.1. The minimum Gasteiger partial charge on any atom is -0.494 e. The Bertz CT molecular complexity index is 355. The number of ether oxygens (including phenoxy) is 2. The monoisotopic (exact) mass is 252 g/mol. The quantitative estimate of drug-likeness (QED) is 0.780. The van der Waals surface area contributed by atoms with Crippen LogP contribution in [0.1, 0.15) is 26.2 Å². The third-order valence-electron chi connectivity index (χ3n) is 3.41. The van der Waals surface area contributed by atoms with Crippen LogP contribution >= 0.6 is 12.6 Å². The highest BCUT2D eigenvalue weighted by atomic mass is 32.1. The van der Waals surface area contributed by atoms with Gasteiger partial charge in [-0.2, -0.15) is 12.6 Å². The fourth-order valence-electron chi connectivity index (χ4n) is 2.08. The molecule has 1 aromatic carbocycles. The average Bonchev–Trinajstić information content (AvgIpc) is 2.29. The van der Waals surface area contributed by atoms with Crippen LogP contribution in [0.25, 0.3) is 0 Å². The fourth-order valence-corrected chi connectivity index (χ4v) is 2.49. The number of rotatable bonds is 6. The molecule has 0 amide bonds. The maximum Gasteiger partial charge on any atom is 0.123 e. The van der Waals surface area contributed by atoms with E-state index in [9.17, 15) is 0 Å². The summed E-state index contributed by atoms with van der Waals surface area (Å²) in [6.07, 6.45) is 3.78. The lowest BCUT2D eigenvalue weighted by Crippen LogP contribution is -2.37. The minimum absolute atomic E-state index is 0.310. The van der Waals surface area contributed by atoms with E-state index in [0.29, 0.717) is 12.0 Å². The molecular weight excluding hydrogens is 232 g/mol. The molecule has 1 aliphatic rings. The summed E-state index contributed by atoms with van der Waals surface area (Å²) in [7, 11) is 0. The first-order chi connectivity index (χ1) is 8.28. The molecule has 1 aliphatic carbocycles. The van der Waals surface area contributed by atoms with Gasteiger partial charge in [0.25, 0.3) is 0 Å². The van der Waals surface area contributed by atoms with Crippen molar-refractivity contribution in [2.24, 2.45) is 5.41 Å². The predicted octanol–water partition coefficient (Wildman–Crippen LogP) is 3.56. The molecule has 1 saturated carbocycles. The van der Waals surface area contributed by atoms with Gasteiger partial charge in [-0.25, -0.2) is 0 Å². The Hall–Kier alpha value is -0.830. The van der Waals surface area contributed by atoms with Gasteiger partial charge in [0.1, 0.15) is 11.5 Å². The second-order valence-electron chi connectivity index (χ2n) is 4.71. The average molecular weight is 252 g/mol. The van der Waals surface area contributed by atoms with Gasteiger partial charge < -0.3 is 9.47 Å². The molecular formula is C14H20O2S. The van der Waals surface area contributed by atoms with Gasteiger partial charge in [0.05, 0.1) is 13.2 Å². The van der Waals surface area contributed by atoms with Gasteiger partial charge in [-0.05, 0) is 37.7 Å². The van der Waals surface area contributed by atoms with Gasteiger partial charge in [-0.3, -0.25) is 0 Å². The Labute approximate surface area is 109 Å². The molecule has 2 rings (SSSR count). The summed E-state index contributed by atoms with van der Waals surface area (Å²) in [4.78, 5) is 0. The number of benzene rings is 1. The Morgan fingerprint density at radius 2 is 1.94 bits per heavy atom. The normalized spacial score (nSPS) is 17.3. The van der Waals surface area contributed by atoms with Crippen LogP contribution in [0, 0.1) is 5.41 Å². The highest BCUT2D eigenvalue weighted by Crippen LogP contribution is 2.42. The molecule has 0 atom stereocenters. The third kappa shape index (κ3) is 3.09. The molecule has 2 nitrogen and oxygen atoms in total. The molecule has 17 heavy (non-hydrogen) atoms. The van der Waals surface area contributed by atoms with Crippen molar-refractivity contribution in [2.45, 2.75) is 26.2 Å². The van der Waals surface area contributed by atoms with E-state index in [0.717, 1.165) is 23.9 Å². The molecule has 0 spiro atoms. The van der Waals surface area contributed by atoms with Gasteiger partial charge in [0, 0.05) is 11.5 Å². The molecule has 0 aromatic heterocycles. The number of hydrogen-bond donors (Lipinski definition) is 1. The molecule has 0 radical (unpaired) electrons. The van der Waals surface area contributed by atoms with E-state index < -0.39 is 0 Å². The van der Waals surface area contributed by atoms with E-state index in [1.54, 1.807) is 0 Å². The van der Waals surface area contributed by atoms with Crippen molar-refractivity contribution in [3.63, 3.8) is 0 Å². The van der Waals surface area contributed by atoms with Gasteiger partial charge in [0.15, 0.2) is 0 Å².